The van der Waals surface area contributed by atoms with Gasteiger partial charge in [0.05, 0.1) is 30.3 Å². The molecule has 1 heterocycles. The summed E-state index contributed by atoms with van der Waals surface area (Å²) in [5.74, 6) is 0.679. The molecule has 1 saturated heterocycles. The van der Waals surface area contributed by atoms with E-state index >= 15 is 0 Å². The van der Waals surface area contributed by atoms with Crippen molar-refractivity contribution in [3.8, 4) is 5.75 Å². The highest BCUT2D eigenvalue weighted by Crippen LogP contribution is 2.35. The minimum absolute atomic E-state index is 0.0631. The first-order valence-corrected chi connectivity index (χ1v) is 13.8. The van der Waals surface area contributed by atoms with Crippen molar-refractivity contribution in [2.75, 3.05) is 39.8 Å². The summed E-state index contributed by atoms with van der Waals surface area (Å²) < 4.78 is 79.4. The van der Waals surface area contributed by atoms with E-state index in [0.29, 0.717) is 37.0 Å². The van der Waals surface area contributed by atoms with Gasteiger partial charge >= 0.3 is 6.18 Å². The van der Waals surface area contributed by atoms with Crippen molar-refractivity contribution in [2.24, 2.45) is 0 Å². The summed E-state index contributed by atoms with van der Waals surface area (Å²) in [6.07, 6.45) is -5.13. The first-order valence-electron chi connectivity index (χ1n) is 12.0. The lowest BCUT2D eigenvalue weighted by Gasteiger charge is -2.36. The third-order valence-corrected chi connectivity index (χ3v) is 8.56. The van der Waals surface area contributed by atoms with Crippen LogP contribution in [0.4, 0.5) is 13.2 Å². The normalized spacial score (nSPS) is 16.3. The molecule has 0 aliphatic carbocycles. The van der Waals surface area contributed by atoms with Gasteiger partial charge in [0.1, 0.15) is 5.75 Å². The number of methoxy groups -OCH3 is 1. The first kappa shape index (κ1) is 28.4. The molecule has 0 spiro atoms. The zero-order valence-electron chi connectivity index (χ0n) is 20.7. The molecule has 6 nitrogen and oxygen atoms in total. The highest BCUT2D eigenvalue weighted by molar-refractivity contribution is 7.89. The van der Waals surface area contributed by atoms with E-state index in [2.05, 4.69) is 0 Å². The van der Waals surface area contributed by atoms with Crippen LogP contribution >= 0.6 is 11.6 Å². The number of ether oxygens (including phenoxy) is 2. The molecule has 0 N–H and O–H groups in total. The number of alkyl halides is 3. The van der Waals surface area contributed by atoms with Gasteiger partial charge in [0.2, 0.25) is 10.0 Å². The SMILES string of the molecule is COc1cccc([C@H](CN2CCN(S(=O)(=O)c3ccccc3C(F)(F)F)CC2)OCc2cccc(Cl)c2)c1. The molecule has 0 aromatic heterocycles. The number of nitrogens with zero attached hydrogens (tertiary/aromatic N) is 2. The quantitative estimate of drug-likeness (QED) is 0.335. The Morgan fingerprint density at radius 3 is 2.34 bits per heavy atom. The van der Waals surface area contributed by atoms with Crippen LogP contribution in [0.25, 0.3) is 0 Å². The van der Waals surface area contributed by atoms with Crippen molar-refractivity contribution in [2.45, 2.75) is 23.8 Å². The average Bonchev–Trinajstić information content (AvgIpc) is 2.91. The van der Waals surface area contributed by atoms with E-state index in [9.17, 15) is 21.6 Å². The molecule has 4 rings (SSSR count). The molecule has 0 radical (unpaired) electrons. The highest BCUT2D eigenvalue weighted by atomic mass is 35.5. The summed E-state index contributed by atoms with van der Waals surface area (Å²) in [5, 5.41) is 0.605. The van der Waals surface area contributed by atoms with Gasteiger partial charge in [-0.2, -0.15) is 17.5 Å². The van der Waals surface area contributed by atoms with E-state index in [1.54, 1.807) is 13.2 Å². The van der Waals surface area contributed by atoms with Crippen LogP contribution in [0.15, 0.2) is 77.7 Å². The minimum Gasteiger partial charge on any atom is -0.497 e. The molecule has 0 saturated carbocycles. The Kier molecular flexibility index (Phi) is 9.00. The van der Waals surface area contributed by atoms with Crippen LogP contribution in [0.2, 0.25) is 5.02 Å². The predicted molar refractivity (Wildman–Crippen MR) is 139 cm³/mol. The molecule has 1 aliphatic heterocycles. The number of benzene rings is 3. The molecule has 204 valence electrons. The fourth-order valence-electron chi connectivity index (χ4n) is 4.37. The Balaban J connectivity index is 1.47. The maximum absolute atomic E-state index is 13.5. The van der Waals surface area contributed by atoms with E-state index < -0.39 is 26.7 Å². The molecule has 3 aromatic rings. The second-order valence-electron chi connectivity index (χ2n) is 8.90. The molecule has 1 aliphatic rings. The van der Waals surface area contributed by atoms with E-state index in [0.717, 1.165) is 27.6 Å². The fourth-order valence-corrected chi connectivity index (χ4v) is 6.22. The van der Waals surface area contributed by atoms with Gasteiger partial charge in [0, 0.05) is 37.7 Å². The van der Waals surface area contributed by atoms with Gasteiger partial charge < -0.3 is 9.47 Å². The number of rotatable bonds is 9. The Morgan fingerprint density at radius 1 is 0.947 bits per heavy atom. The van der Waals surface area contributed by atoms with Crippen LogP contribution < -0.4 is 4.74 Å². The lowest BCUT2D eigenvalue weighted by atomic mass is 10.1. The van der Waals surface area contributed by atoms with Crippen molar-refractivity contribution in [1.29, 1.82) is 0 Å². The number of hydrogen-bond donors (Lipinski definition) is 0. The number of halogens is 4. The predicted octanol–water partition coefficient (Wildman–Crippen LogP) is 5.63. The topological polar surface area (TPSA) is 59.1 Å². The molecular weight excluding hydrogens is 541 g/mol. The lowest BCUT2D eigenvalue weighted by molar-refractivity contribution is -0.139. The highest BCUT2D eigenvalue weighted by Gasteiger charge is 2.39. The van der Waals surface area contributed by atoms with Gasteiger partial charge in [0.25, 0.3) is 0 Å². The van der Waals surface area contributed by atoms with Crippen molar-refractivity contribution >= 4 is 21.6 Å². The van der Waals surface area contributed by atoms with Crippen molar-refractivity contribution < 1.29 is 31.1 Å². The molecule has 0 amide bonds. The summed E-state index contributed by atoms with van der Waals surface area (Å²) in [7, 11) is -2.73. The lowest BCUT2D eigenvalue weighted by Crippen LogP contribution is -2.49. The summed E-state index contributed by atoms with van der Waals surface area (Å²) in [4.78, 5) is 1.32. The van der Waals surface area contributed by atoms with Crippen LogP contribution in [-0.4, -0.2) is 57.5 Å². The van der Waals surface area contributed by atoms with E-state index in [1.165, 1.54) is 12.1 Å². The van der Waals surface area contributed by atoms with Crippen LogP contribution in [0.1, 0.15) is 22.8 Å². The van der Waals surface area contributed by atoms with Gasteiger partial charge in [-0.3, -0.25) is 4.90 Å². The number of piperazine rings is 1. The molecular formula is C27H28ClF3N2O4S. The van der Waals surface area contributed by atoms with Gasteiger partial charge in [-0.15, -0.1) is 0 Å². The number of sulfonamides is 1. The van der Waals surface area contributed by atoms with Crippen molar-refractivity contribution in [3.63, 3.8) is 0 Å². The fraction of sp³-hybridized carbons (Fsp3) is 0.333. The summed E-state index contributed by atoms with van der Waals surface area (Å²) in [5.41, 5.74) is 0.639. The van der Waals surface area contributed by atoms with E-state index in [1.807, 2.05) is 47.4 Å². The first-order chi connectivity index (χ1) is 18.1. The molecule has 38 heavy (non-hydrogen) atoms. The van der Waals surface area contributed by atoms with E-state index in [-0.39, 0.29) is 19.2 Å². The van der Waals surface area contributed by atoms with Gasteiger partial charge in [0.15, 0.2) is 0 Å². The Hall–Kier alpha value is -2.63. The van der Waals surface area contributed by atoms with Crippen LogP contribution in [0, 0.1) is 0 Å². The smallest absolute Gasteiger partial charge is 0.417 e. The summed E-state index contributed by atoms with van der Waals surface area (Å²) in [6, 6.07) is 19.2. The van der Waals surface area contributed by atoms with Gasteiger partial charge in [-0.25, -0.2) is 8.42 Å². The monoisotopic (exact) mass is 568 g/mol. The van der Waals surface area contributed by atoms with E-state index in [4.69, 9.17) is 21.1 Å². The zero-order valence-corrected chi connectivity index (χ0v) is 22.3. The summed E-state index contributed by atoms with van der Waals surface area (Å²) >= 11 is 6.11. The third-order valence-electron chi connectivity index (χ3n) is 6.37. The minimum atomic E-state index is -4.77. The summed E-state index contributed by atoms with van der Waals surface area (Å²) in [6.45, 7) is 1.58. The largest absolute Gasteiger partial charge is 0.497 e. The van der Waals surface area contributed by atoms with Crippen molar-refractivity contribution in [1.82, 2.24) is 9.21 Å². The van der Waals surface area contributed by atoms with Crippen LogP contribution in [0.5, 0.6) is 5.75 Å². The standard InChI is InChI=1S/C27H28ClF3N2O4S/c1-36-23-9-5-7-21(17-23)25(37-19-20-6-4-8-22(28)16-20)18-32-12-14-33(15-13-32)38(34,35)26-11-3-2-10-24(26)27(29,30)31/h2-11,16-17,25H,12-15,18-19H2,1H3/t25-/m0/s1. The van der Waals surface area contributed by atoms with Gasteiger partial charge in [-0.05, 0) is 47.5 Å². The second-order valence-corrected chi connectivity index (χ2v) is 11.2. The molecule has 0 bridgehead atoms. The Labute approximate surface area is 225 Å². The van der Waals surface area contributed by atoms with Gasteiger partial charge in [-0.1, -0.05) is 48.0 Å². The molecule has 1 atom stereocenters. The van der Waals surface area contributed by atoms with Crippen LogP contribution in [0.3, 0.4) is 0 Å². The molecule has 0 unspecified atom stereocenters. The molecule has 11 heteroatoms. The average molecular weight is 569 g/mol. The zero-order chi connectivity index (χ0) is 27.3. The van der Waals surface area contributed by atoms with Crippen LogP contribution in [-0.2, 0) is 27.5 Å². The molecule has 3 aromatic carbocycles. The molecule has 1 fully saturated rings. The van der Waals surface area contributed by atoms with Crippen molar-refractivity contribution in [3.05, 3.63) is 94.5 Å². The Bertz CT molecular complexity index is 1350. The maximum Gasteiger partial charge on any atom is 0.417 e. The number of hydrogen-bond acceptors (Lipinski definition) is 5. The third kappa shape index (κ3) is 6.86. The Morgan fingerprint density at radius 2 is 1.66 bits per heavy atom. The second kappa shape index (κ2) is 12.0. The maximum atomic E-state index is 13.5.